The van der Waals surface area contributed by atoms with Crippen LogP contribution in [0.5, 0.6) is 0 Å². The van der Waals surface area contributed by atoms with Gasteiger partial charge in [-0.15, -0.1) is 0 Å². The van der Waals surface area contributed by atoms with Crippen molar-refractivity contribution in [3.8, 4) is 0 Å². The predicted octanol–water partition coefficient (Wildman–Crippen LogP) is 1.12. The second-order valence-corrected chi connectivity index (χ2v) is 6.88. The summed E-state index contributed by atoms with van der Waals surface area (Å²) in [5.74, 6) is -2.34. The van der Waals surface area contributed by atoms with Crippen molar-refractivity contribution in [1.29, 1.82) is 0 Å². The largest absolute Gasteiger partial charge is 0.548 e. The Balaban J connectivity index is 2.24. The number of rotatable bonds is 6. The monoisotopic (exact) mass is 356 g/mol. The maximum Gasteiger partial charge on any atom is 0.241 e. The van der Waals surface area contributed by atoms with Gasteiger partial charge >= 0.3 is 0 Å². The third kappa shape index (κ3) is 4.51. The molecule has 0 aliphatic rings. The van der Waals surface area contributed by atoms with Crippen molar-refractivity contribution in [2.75, 3.05) is 0 Å². The van der Waals surface area contributed by atoms with E-state index in [2.05, 4.69) is 0 Å². The minimum absolute atomic E-state index is 0.0860. The number of sulfonamides is 1. The van der Waals surface area contributed by atoms with Gasteiger partial charge in [-0.05, 0) is 30.2 Å². The minimum atomic E-state index is -4.19. The smallest absolute Gasteiger partial charge is 0.241 e. The second-order valence-electron chi connectivity index (χ2n) is 4.76. The summed E-state index contributed by atoms with van der Waals surface area (Å²) in [5.41, 5.74) is 0.626. The highest BCUT2D eigenvalue weighted by atomic mass is 35.5. The molecule has 0 radical (unpaired) electrons. The third-order valence-electron chi connectivity index (χ3n) is 3.07. The number of carbonyl (C=O) groups excluding carboxylic acids is 1. The highest BCUT2D eigenvalue weighted by Crippen LogP contribution is 2.19. The van der Waals surface area contributed by atoms with Crippen LogP contribution >= 0.6 is 11.6 Å². The maximum atomic E-state index is 13.1. The van der Waals surface area contributed by atoms with Crippen LogP contribution < -0.4 is 9.83 Å². The lowest BCUT2D eigenvalue weighted by Crippen LogP contribution is -2.49. The van der Waals surface area contributed by atoms with Gasteiger partial charge in [-0.3, -0.25) is 0 Å². The Bertz CT molecular complexity index is 811. The van der Waals surface area contributed by atoms with E-state index in [0.717, 1.165) is 18.2 Å². The predicted molar refractivity (Wildman–Crippen MR) is 80.7 cm³/mol. The SMILES string of the molecule is O=C([O-])C(Cc1ccccc1)NS(=O)(=O)c1ccc(F)c(Cl)c1. The topological polar surface area (TPSA) is 86.3 Å². The van der Waals surface area contributed by atoms with Crippen molar-refractivity contribution < 1.29 is 22.7 Å². The molecule has 0 bridgehead atoms. The first-order valence-corrected chi connectivity index (χ1v) is 8.38. The van der Waals surface area contributed by atoms with Gasteiger partial charge in [0.25, 0.3) is 0 Å². The van der Waals surface area contributed by atoms with Crippen molar-refractivity contribution in [3.05, 3.63) is 64.9 Å². The van der Waals surface area contributed by atoms with E-state index < -0.39 is 27.9 Å². The Labute approximate surface area is 137 Å². The second kappa shape index (κ2) is 7.08. The lowest BCUT2D eigenvalue weighted by molar-refractivity contribution is -0.307. The molecule has 0 aliphatic heterocycles. The first-order valence-electron chi connectivity index (χ1n) is 6.52. The Hall–Kier alpha value is -1.96. The van der Waals surface area contributed by atoms with E-state index in [1.807, 2.05) is 4.72 Å². The molecular formula is C15H12ClFNO4S-. The number of carboxylic acid groups (broad SMARTS) is 1. The van der Waals surface area contributed by atoms with E-state index in [9.17, 15) is 22.7 Å². The molecule has 1 N–H and O–H groups in total. The van der Waals surface area contributed by atoms with E-state index in [1.54, 1.807) is 30.3 Å². The molecule has 0 saturated heterocycles. The molecule has 1 unspecified atom stereocenters. The fraction of sp³-hybridized carbons (Fsp3) is 0.133. The molecule has 2 aromatic carbocycles. The number of aliphatic carboxylic acids is 1. The fourth-order valence-corrected chi connectivity index (χ4v) is 3.38. The maximum absolute atomic E-state index is 13.1. The number of hydrogen-bond donors (Lipinski definition) is 1. The van der Waals surface area contributed by atoms with Gasteiger partial charge in [0.15, 0.2) is 0 Å². The third-order valence-corrected chi connectivity index (χ3v) is 4.82. The Morgan fingerprint density at radius 1 is 1.22 bits per heavy atom. The molecule has 23 heavy (non-hydrogen) atoms. The molecular weight excluding hydrogens is 345 g/mol. The number of carbonyl (C=O) groups is 1. The van der Waals surface area contributed by atoms with Crippen LogP contribution in [-0.4, -0.2) is 20.4 Å². The van der Waals surface area contributed by atoms with E-state index in [1.165, 1.54) is 0 Å². The van der Waals surface area contributed by atoms with Gasteiger partial charge in [0.2, 0.25) is 10.0 Å². The van der Waals surface area contributed by atoms with Gasteiger partial charge in [0.05, 0.1) is 21.9 Å². The van der Waals surface area contributed by atoms with Crippen LogP contribution in [0.15, 0.2) is 53.4 Å². The molecule has 122 valence electrons. The minimum Gasteiger partial charge on any atom is -0.548 e. The number of benzene rings is 2. The number of nitrogens with one attached hydrogen (secondary N) is 1. The molecule has 0 heterocycles. The van der Waals surface area contributed by atoms with Crippen LogP contribution in [-0.2, 0) is 21.2 Å². The van der Waals surface area contributed by atoms with Gasteiger partial charge < -0.3 is 9.90 Å². The van der Waals surface area contributed by atoms with Crippen molar-refractivity contribution in [2.45, 2.75) is 17.4 Å². The van der Waals surface area contributed by atoms with Gasteiger partial charge in [-0.2, -0.15) is 0 Å². The summed E-state index contributed by atoms with van der Waals surface area (Å²) in [6.07, 6.45) is -0.0860. The normalized spacial score (nSPS) is 12.8. The first kappa shape index (κ1) is 17.4. The fourth-order valence-electron chi connectivity index (χ4n) is 1.92. The molecule has 0 spiro atoms. The first-order chi connectivity index (χ1) is 10.8. The lowest BCUT2D eigenvalue weighted by Gasteiger charge is -2.20. The summed E-state index contributed by atoms with van der Waals surface area (Å²) < 4.78 is 39.6. The molecule has 0 aliphatic carbocycles. The van der Waals surface area contributed by atoms with Crippen molar-refractivity contribution in [3.63, 3.8) is 0 Å². The molecule has 2 aromatic rings. The molecule has 0 saturated carbocycles. The summed E-state index contributed by atoms with van der Waals surface area (Å²) in [6, 6.07) is 9.83. The van der Waals surface area contributed by atoms with Crippen molar-refractivity contribution in [1.82, 2.24) is 4.72 Å². The lowest BCUT2D eigenvalue weighted by atomic mass is 10.1. The van der Waals surface area contributed by atoms with Gasteiger partial charge in [0.1, 0.15) is 5.82 Å². The molecule has 0 aromatic heterocycles. The van der Waals surface area contributed by atoms with Crippen LogP contribution in [0.25, 0.3) is 0 Å². The molecule has 2 rings (SSSR count). The average Bonchev–Trinajstić information content (AvgIpc) is 2.50. The van der Waals surface area contributed by atoms with Gasteiger partial charge in [0, 0.05) is 0 Å². The quantitative estimate of drug-likeness (QED) is 0.840. The van der Waals surface area contributed by atoms with Gasteiger partial charge in [-0.1, -0.05) is 41.9 Å². The van der Waals surface area contributed by atoms with Crippen molar-refractivity contribution >= 4 is 27.6 Å². The molecule has 0 amide bonds. The molecule has 0 fully saturated rings. The molecule has 5 nitrogen and oxygen atoms in total. The zero-order valence-electron chi connectivity index (χ0n) is 11.7. The molecule has 8 heteroatoms. The Kier molecular flexibility index (Phi) is 5.35. The zero-order valence-corrected chi connectivity index (χ0v) is 13.3. The standard InChI is InChI=1S/C15H13ClFNO4S/c16-12-9-11(6-7-13(12)17)23(21,22)18-14(15(19)20)8-10-4-2-1-3-5-10/h1-7,9,14,18H,8H2,(H,19,20)/p-1. The summed E-state index contributed by atoms with van der Waals surface area (Å²) in [4.78, 5) is 10.9. The number of carboxylic acids is 1. The van der Waals surface area contributed by atoms with Crippen LogP contribution in [0.3, 0.4) is 0 Å². The highest BCUT2D eigenvalue weighted by Gasteiger charge is 2.22. The van der Waals surface area contributed by atoms with E-state index in [0.29, 0.717) is 5.56 Å². The molecule has 1 atom stereocenters. The Morgan fingerprint density at radius 2 is 1.87 bits per heavy atom. The van der Waals surface area contributed by atoms with Crippen LogP contribution in [0.2, 0.25) is 5.02 Å². The summed E-state index contributed by atoms with van der Waals surface area (Å²) >= 11 is 5.55. The zero-order chi connectivity index (χ0) is 17.0. The van der Waals surface area contributed by atoms with Crippen LogP contribution in [0.4, 0.5) is 4.39 Å². The van der Waals surface area contributed by atoms with E-state index >= 15 is 0 Å². The number of hydrogen-bond acceptors (Lipinski definition) is 4. The summed E-state index contributed by atoms with van der Waals surface area (Å²) in [7, 11) is -4.19. The van der Waals surface area contributed by atoms with Crippen molar-refractivity contribution in [2.24, 2.45) is 0 Å². The van der Waals surface area contributed by atoms with E-state index in [-0.39, 0.29) is 16.3 Å². The van der Waals surface area contributed by atoms with E-state index in [4.69, 9.17) is 11.6 Å². The highest BCUT2D eigenvalue weighted by molar-refractivity contribution is 7.89. The summed E-state index contributed by atoms with van der Waals surface area (Å²) in [5, 5.41) is 10.8. The Morgan fingerprint density at radius 3 is 2.43 bits per heavy atom. The average molecular weight is 357 g/mol. The van der Waals surface area contributed by atoms with Crippen LogP contribution in [0.1, 0.15) is 5.56 Å². The van der Waals surface area contributed by atoms with Gasteiger partial charge in [-0.25, -0.2) is 17.5 Å². The van der Waals surface area contributed by atoms with Crippen LogP contribution in [0, 0.1) is 5.82 Å². The summed E-state index contributed by atoms with van der Waals surface area (Å²) in [6.45, 7) is 0. The number of halogens is 2.